The van der Waals surface area contributed by atoms with Crippen LogP contribution in [0, 0.1) is 0 Å². The smallest absolute Gasteiger partial charge is 0.184 e. The van der Waals surface area contributed by atoms with Gasteiger partial charge in [-0.2, -0.15) is 0 Å². The first kappa shape index (κ1) is 21.7. The maximum absolute atomic E-state index is 13.7. The van der Waals surface area contributed by atoms with Gasteiger partial charge >= 0.3 is 0 Å². The van der Waals surface area contributed by atoms with E-state index in [2.05, 4.69) is 19.2 Å². The third-order valence-electron chi connectivity index (χ3n) is 5.89. The summed E-state index contributed by atoms with van der Waals surface area (Å²) in [7, 11) is -0.593. The van der Waals surface area contributed by atoms with Crippen LogP contribution < -0.4 is 14.8 Å². The summed E-state index contributed by atoms with van der Waals surface area (Å²) in [6.07, 6.45) is 3.51. The molecule has 1 N–H and O–H groups in total. The first-order valence-corrected chi connectivity index (χ1v) is 11.9. The van der Waals surface area contributed by atoms with Crippen molar-refractivity contribution in [2.45, 2.75) is 56.0 Å². The van der Waals surface area contributed by atoms with E-state index in [1.807, 2.05) is 36.4 Å². The van der Waals surface area contributed by atoms with Gasteiger partial charge in [-0.3, -0.25) is 5.32 Å². The lowest BCUT2D eigenvalue weighted by Gasteiger charge is -2.35. The van der Waals surface area contributed by atoms with E-state index in [0.717, 1.165) is 31.2 Å². The Labute approximate surface area is 174 Å². The molecule has 0 unspecified atom stereocenters. The van der Waals surface area contributed by atoms with Crippen molar-refractivity contribution in [1.29, 1.82) is 0 Å². The van der Waals surface area contributed by atoms with Crippen molar-refractivity contribution in [3.8, 4) is 11.5 Å². The van der Waals surface area contributed by atoms with E-state index in [1.54, 1.807) is 6.07 Å². The average Bonchev–Trinajstić information content (AvgIpc) is 2.84. The quantitative estimate of drug-likeness (QED) is 0.718. The molecule has 0 fully saturated rings. The zero-order valence-corrected chi connectivity index (χ0v) is 18.5. The molecule has 1 aliphatic heterocycles. The van der Waals surface area contributed by atoms with Crippen molar-refractivity contribution in [3.63, 3.8) is 0 Å². The Kier molecular flexibility index (Phi) is 6.54. The minimum Gasteiger partial charge on any atom is -0.493 e. The van der Waals surface area contributed by atoms with Gasteiger partial charge in [0.1, 0.15) is 4.90 Å². The van der Waals surface area contributed by atoms with Gasteiger partial charge in [0.15, 0.2) is 21.3 Å². The predicted octanol–water partition coefficient (Wildman–Crippen LogP) is 4.51. The molecule has 158 valence electrons. The highest BCUT2D eigenvalue weighted by Gasteiger charge is 2.43. The number of ether oxygens (including phenoxy) is 2. The molecule has 5 nitrogen and oxygen atoms in total. The lowest BCUT2D eigenvalue weighted by atomic mass is 9.88. The van der Waals surface area contributed by atoms with Gasteiger partial charge in [-0.05, 0) is 30.0 Å². The Balaban J connectivity index is 2.30. The Bertz CT molecular complexity index is 943. The average molecular weight is 418 g/mol. The summed E-state index contributed by atoms with van der Waals surface area (Å²) in [4.78, 5) is 0.243. The fourth-order valence-electron chi connectivity index (χ4n) is 4.27. The van der Waals surface area contributed by atoms with E-state index < -0.39 is 15.4 Å². The molecular formula is C23H31NO4S. The van der Waals surface area contributed by atoms with E-state index in [0.29, 0.717) is 11.3 Å². The van der Waals surface area contributed by atoms with Gasteiger partial charge in [0.25, 0.3) is 0 Å². The number of unbranched alkanes of at least 4 members (excludes halogenated alkanes) is 1. The molecule has 0 aromatic heterocycles. The number of hydrogen-bond donors (Lipinski definition) is 1. The van der Waals surface area contributed by atoms with Crippen molar-refractivity contribution >= 4 is 9.84 Å². The number of rotatable bonds is 7. The second-order valence-corrected chi connectivity index (χ2v) is 9.63. The Hall–Kier alpha value is -2.05. The van der Waals surface area contributed by atoms with Gasteiger partial charge in [-0.25, -0.2) is 8.42 Å². The SMILES string of the molecule is CCCC[C@]1(CC)CS(=O)(=O)c2c(ccc(OC)c2OC)[C@H](c2ccccc2)N1. The van der Waals surface area contributed by atoms with Crippen LogP contribution in [0.1, 0.15) is 56.7 Å². The van der Waals surface area contributed by atoms with Gasteiger partial charge in [0.05, 0.1) is 26.0 Å². The van der Waals surface area contributed by atoms with Crippen LogP contribution in [0.5, 0.6) is 11.5 Å². The van der Waals surface area contributed by atoms with Crippen LogP contribution in [0.4, 0.5) is 0 Å². The Morgan fingerprint density at radius 2 is 1.79 bits per heavy atom. The zero-order valence-electron chi connectivity index (χ0n) is 17.7. The second kappa shape index (κ2) is 8.76. The normalized spacial score (nSPS) is 23.1. The highest BCUT2D eigenvalue weighted by Crippen LogP contribution is 2.45. The Morgan fingerprint density at radius 3 is 2.38 bits per heavy atom. The van der Waals surface area contributed by atoms with Crippen molar-refractivity contribution < 1.29 is 17.9 Å². The second-order valence-electron chi connectivity index (χ2n) is 7.70. The molecule has 1 heterocycles. The summed E-state index contributed by atoms with van der Waals surface area (Å²) >= 11 is 0. The molecule has 0 bridgehead atoms. The molecule has 29 heavy (non-hydrogen) atoms. The molecule has 2 atom stereocenters. The van der Waals surface area contributed by atoms with Crippen molar-refractivity contribution in [3.05, 3.63) is 53.6 Å². The lowest BCUT2D eigenvalue weighted by Crippen LogP contribution is -2.50. The summed E-state index contributed by atoms with van der Waals surface area (Å²) in [6.45, 7) is 4.19. The topological polar surface area (TPSA) is 64.6 Å². The lowest BCUT2D eigenvalue weighted by molar-refractivity contribution is 0.294. The number of hydrogen-bond acceptors (Lipinski definition) is 5. The first-order chi connectivity index (χ1) is 13.9. The van der Waals surface area contributed by atoms with Crippen LogP contribution in [0.25, 0.3) is 0 Å². The Morgan fingerprint density at radius 1 is 1.07 bits per heavy atom. The molecule has 0 amide bonds. The molecule has 2 aromatic rings. The standard InChI is InChI=1S/C23H31NO4S/c1-5-7-15-23(6-2)16-29(25,26)22-18(13-14-19(27-3)21(22)28-4)20(24-23)17-11-9-8-10-12-17/h8-14,20,24H,5-7,15-16H2,1-4H3/t20-,23+/m0/s1. The highest BCUT2D eigenvalue weighted by molar-refractivity contribution is 7.91. The summed E-state index contributed by atoms with van der Waals surface area (Å²) in [6, 6.07) is 13.4. The molecule has 0 saturated carbocycles. The third kappa shape index (κ3) is 4.14. The van der Waals surface area contributed by atoms with Gasteiger partial charge < -0.3 is 9.47 Å². The van der Waals surface area contributed by atoms with Crippen LogP contribution in [0.2, 0.25) is 0 Å². The van der Waals surface area contributed by atoms with Crippen LogP contribution in [-0.4, -0.2) is 33.9 Å². The van der Waals surface area contributed by atoms with Crippen molar-refractivity contribution in [2.24, 2.45) is 0 Å². The summed E-state index contributed by atoms with van der Waals surface area (Å²) in [5, 5.41) is 3.76. The number of benzene rings is 2. The van der Waals surface area contributed by atoms with E-state index >= 15 is 0 Å². The highest BCUT2D eigenvalue weighted by atomic mass is 32.2. The molecule has 2 aromatic carbocycles. The minimum absolute atomic E-state index is 0.0381. The number of sulfone groups is 1. The predicted molar refractivity (Wildman–Crippen MR) is 116 cm³/mol. The van der Waals surface area contributed by atoms with E-state index in [-0.39, 0.29) is 22.4 Å². The monoisotopic (exact) mass is 417 g/mol. The fraction of sp³-hybridized carbons (Fsp3) is 0.478. The van der Waals surface area contributed by atoms with E-state index in [1.165, 1.54) is 14.2 Å². The van der Waals surface area contributed by atoms with Gasteiger partial charge in [-0.1, -0.05) is 63.1 Å². The van der Waals surface area contributed by atoms with E-state index in [9.17, 15) is 8.42 Å². The van der Waals surface area contributed by atoms with Crippen LogP contribution in [-0.2, 0) is 9.84 Å². The van der Waals surface area contributed by atoms with Crippen LogP contribution in [0.3, 0.4) is 0 Å². The molecular weight excluding hydrogens is 386 g/mol. The maximum atomic E-state index is 13.7. The zero-order chi connectivity index (χ0) is 21.1. The van der Waals surface area contributed by atoms with Crippen molar-refractivity contribution in [2.75, 3.05) is 20.0 Å². The van der Waals surface area contributed by atoms with Crippen LogP contribution >= 0.6 is 0 Å². The van der Waals surface area contributed by atoms with Crippen LogP contribution in [0.15, 0.2) is 47.4 Å². The molecule has 0 aliphatic carbocycles. The summed E-state index contributed by atoms with van der Waals surface area (Å²) in [5.41, 5.74) is 1.24. The molecule has 0 radical (unpaired) electrons. The van der Waals surface area contributed by atoms with Crippen molar-refractivity contribution in [1.82, 2.24) is 5.32 Å². The van der Waals surface area contributed by atoms with Gasteiger partial charge in [0, 0.05) is 5.54 Å². The number of nitrogens with one attached hydrogen (secondary N) is 1. The molecule has 0 spiro atoms. The molecule has 0 saturated heterocycles. The minimum atomic E-state index is -3.61. The fourth-order valence-corrected chi connectivity index (χ4v) is 6.59. The maximum Gasteiger partial charge on any atom is 0.184 e. The number of fused-ring (bicyclic) bond motifs is 1. The van der Waals surface area contributed by atoms with E-state index in [4.69, 9.17) is 9.47 Å². The van der Waals surface area contributed by atoms with Gasteiger partial charge in [0.2, 0.25) is 0 Å². The molecule has 3 rings (SSSR count). The third-order valence-corrected chi connectivity index (χ3v) is 7.86. The number of methoxy groups -OCH3 is 2. The largest absolute Gasteiger partial charge is 0.493 e. The first-order valence-electron chi connectivity index (χ1n) is 10.2. The summed E-state index contributed by atoms with van der Waals surface area (Å²) < 4.78 is 38.3. The molecule has 6 heteroatoms. The summed E-state index contributed by atoms with van der Waals surface area (Å²) in [5.74, 6) is 0.755. The molecule has 1 aliphatic rings. The van der Waals surface area contributed by atoms with Gasteiger partial charge in [-0.15, -0.1) is 0 Å².